The number of hydrogen-bond donors (Lipinski definition) is 2. The van der Waals surface area contributed by atoms with Crippen molar-refractivity contribution < 1.29 is 21.6 Å². The maximum Gasteiger partial charge on any atom is 0.262 e. The van der Waals surface area contributed by atoms with Gasteiger partial charge in [-0.15, -0.1) is 0 Å². The largest absolute Gasteiger partial charge is 0.326 e. The number of anilines is 3. The van der Waals surface area contributed by atoms with Crippen molar-refractivity contribution in [3.05, 3.63) is 48.0 Å². The molecular formula is C19H23N3O5S2. The number of sulfonamides is 2. The van der Waals surface area contributed by atoms with Crippen molar-refractivity contribution in [2.45, 2.75) is 31.6 Å². The number of rotatable bonds is 5. The molecular weight excluding hydrogens is 414 g/mol. The van der Waals surface area contributed by atoms with E-state index in [0.29, 0.717) is 35.6 Å². The normalized spacial score (nSPS) is 16.3. The van der Waals surface area contributed by atoms with E-state index in [2.05, 4.69) is 10.0 Å². The summed E-state index contributed by atoms with van der Waals surface area (Å²) in [6.45, 7) is 3.42. The van der Waals surface area contributed by atoms with Gasteiger partial charge in [0.2, 0.25) is 15.9 Å². The van der Waals surface area contributed by atoms with Crippen LogP contribution in [0, 0.1) is 6.92 Å². The number of nitrogens with one attached hydrogen (secondary N) is 2. The standard InChI is InChI=1S/C19H23N3O5S2/c1-14-13-18(22-11-3-4-12-28(22,24)25)9-10-19(14)29(26,27)21-17-7-5-16(6-8-17)20-15(2)23/h5-10,13,21H,3-4,11-12H2,1-2H3,(H,20,23). The molecule has 0 aliphatic carbocycles. The molecule has 0 saturated carbocycles. The van der Waals surface area contributed by atoms with Gasteiger partial charge in [-0.1, -0.05) is 0 Å². The molecule has 29 heavy (non-hydrogen) atoms. The Morgan fingerprint density at radius 1 is 1.03 bits per heavy atom. The summed E-state index contributed by atoms with van der Waals surface area (Å²) < 4.78 is 54.0. The number of amides is 1. The minimum absolute atomic E-state index is 0.0709. The lowest BCUT2D eigenvalue weighted by molar-refractivity contribution is -0.114. The van der Waals surface area contributed by atoms with E-state index in [0.717, 1.165) is 6.42 Å². The topological polar surface area (TPSA) is 113 Å². The van der Waals surface area contributed by atoms with Crippen LogP contribution < -0.4 is 14.3 Å². The van der Waals surface area contributed by atoms with Crippen molar-refractivity contribution in [1.82, 2.24) is 0 Å². The molecule has 0 radical (unpaired) electrons. The highest BCUT2D eigenvalue weighted by molar-refractivity contribution is 7.93. The van der Waals surface area contributed by atoms with Gasteiger partial charge >= 0.3 is 0 Å². The van der Waals surface area contributed by atoms with E-state index in [9.17, 15) is 21.6 Å². The molecule has 2 aromatic carbocycles. The second kappa shape index (κ2) is 8.03. The van der Waals surface area contributed by atoms with Gasteiger partial charge in [-0.25, -0.2) is 16.8 Å². The molecule has 156 valence electrons. The van der Waals surface area contributed by atoms with Crippen molar-refractivity contribution in [2.24, 2.45) is 0 Å². The van der Waals surface area contributed by atoms with Crippen LogP contribution in [0.5, 0.6) is 0 Å². The van der Waals surface area contributed by atoms with Gasteiger partial charge in [-0.2, -0.15) is 0 Å². The van der Waals surface area contributed by atoms with Gasteiger partial charge in [-0.05, 0) is 67.8 Å². The fourth-order valence-electron chi connectivity index (χ4n) is 3.20. The van der Waals surface area contributed by atoms with Crippen molar-refractivity contribution >= 4 is 43.0 Å². The van der Waals surface area contributed by atoms with Crippen molar-refractivity contribution in [3.8, 4) is 0 Å². The van der Waals surface area contributed by atoms with Gasteiger partial charge in [0.15, 0.2) is 0 Å². The Labute approximate surface area is 171 Å². The third-order valence-corrected chi connectivity index (χ3v) is 7.95. The van der Waals surface area contributed by atoms with Crippen LogP contribution in [0.4, 0.5) is 17.1 Å². The number of nitrogens with zero attached hydrogens (tertiary/aromatic N) is 1. The van der Waals surface area contributed by atoms with Crippen LogP contribution in [0.2, 0.25) is 0 Å². The van der Waals surface area contributed by atoms with Crippen molar-refractivity contribution in [1.29, 1.82) is 0 Å². The molecule has 1 amide bonds. The molecule has 1 heterocycles. The minimum Gasteiger partial charge on any atom is -0.326 e. The molecule has 2 N–H and O–H groups in total. The first-order chi connectivity index (χ1) is 13.6. The molecule has 1 saturated heterocycles. The summed E-state index contributed by atoms with van der Waals surface area (Å²) in [6, 6.07) is 10.8. The SMILES string of the molecule is CC(=O)Nc1ccc(NS(=O)(=O)c2ccc(N3CCCCS3(=O)=O)cc2C)cc1. The molecule has 1 aliphatic heterocycles. The molecule has 0 aromatic heterocycles. The number of aryl methyl sites for hydroxylation is 1. The zero-order valence-corrected chi connectivity index (χ0v) is 17.8. The lowest BCUT2D eigenvalue weighted by Gasteiger charge is -2.28. The summed E-state index contributed by atoms with van der Waals surface area (Å²) in [5.41, 5.74) is 1.83. The van der Waals surface area contributed by atoms with E-state index >= 15 is 0 Å². The highest BCUT2D eigenvalue weighted by Gasteiger charge is 2.27. The average molecular weight is 438 g/mol. The average Bonchev–Trinajstić information content (AvgIpc) is 2.62. The summed E-state index contributed by atoms with van der Waals surface area (Å²) in [7, 11) is -7.23. The Morgan fingerprint density at radius 3 is 2.28 bits per heavy atom. The maximum absolute atomic E-state index is 12.8. The Kier molecular flexibility index (Phi) is 5.85. The van der Waals surface area contributed by atoms with Crippen LogP contribution in [0.15, 0.2) is 47.4 Å². The van der Waals surface area contributed by atoms with E-state index in [4.69, 9.17) is 0 Å². The molecule has 8 nitrogen and oxygen atoms in total. The van der Waals surface area contributed by atoms with Gasteiger partial charge in [0.05, 0.1) is 16.3 Å². The van der Waals surface area contributed by atoms with Crippen LogP contribution in [-0.4, -0.2) is 35.0 Å². The van der Waals surface area contributed by atoms with Crippen molar-refractivity contribution in [3.63, 3.8) is 0 Å². The maximum atomic E-state index is 12.8. The van der Waals surface area contributed by atoms with E-state index in [-0.39, 0.29) is 16.6 Å². The summed E-state index contributed by atoms with van der Waals surface area (Å²) in [5, 5.41) is 2.61. The van der Waals surface area contributed by atoms with E-state index in [1.807, 2.05) is 0 Å². The van der Waals surface area contributed by atoms with E-state index < -0.39 is 20.0 Å². The molecule has 2 aromatic rings. The first-order valence-corrected chi connectivity index (χ1v) is 12.2. The lowest BCUT2D eigenvalue weighted by Crippen LogP contribution is -2.37. The van der Waals surface area contributed by atoms with Gasteiger partial charge in [-0.3, -0.25) is 13.8 Å². The van der Waals surface area contributed by atoms with Gasteiger partial charge < -0.3 is 5.32 Å². The summed E-state index contributed by atoms with van der Waals surface area (Å²) in [4.78, 5) is 11.1. The zero-order valence-electron chi connectivity index (χ0n) is 16.2. The number of hydrogen-bond acceptors (Lipinski definition) is 5. The van der Waals surface area contributed by atoms with Crippen LogP contribution in [0.3, 0.4) is 0 Å². The molecule has 0 atom stereocenters. The fraction of sp³-hybridized carbons (Fsp3) is 0.316. The highest BCUT2D eigenvalue weighted by Crippen LogP contribution is 2.28. The molecule has 3 rings (SSSR count). The smallest absolute Gasteiger partial charge is 0.262 e. The third-order valence-electron chi connectivity index (χ3n) is 4.54. The third kappa shape index (κ3) is 4.88. The summed E-state index contributed by atoms with van der Waals surface area (Å²) >= 11 is 0. The minimum atomic E-state index is -3.86. The molecule has 0 unspecified atom stereocenters. The van der Waals surface area contributed by atoms with Crippen LogP contribution in [0.1, 0.15) is 25.3 Å². The van der Waals surface area contributed by atoms with E-state index in [1.165, 1.54) is 23.4 Å². The Morgan fingerprint density at radius 2 is 1.69 bits per heavy atom. The van der Waals surface area contributed by atoms with Crippen LogP contribution in [-0.2, 0) is 24.8 Å². The van der Waals surface area contributed by atoms with Crippen LogP contribution >= 0.6 is 0 Å². The Hall–Kier alpha value is -2.59. The predicted molar refractivity (Wildman–Crippen MR) is 113 cm³/mol. The first-order valence-electron chi connectivity index (χ1n) is 9.10. The summed E-state index contributed by atoms with van der Waals surface area (Å²) in [5.74, 6) is -0.118. The van der Waals surface area contributed by atoms with Crippen LogP contribution in [0.25, 0.3) is 0 Å². The Balaban J connectivity index is 1.83. The number of benzene rings is 2. The fourth-order valence-corrected chi connectivity index (χ4v) is 6.12. The van der Waals surface area contributed by atoms with Gasteiger partial charge in [0.1, 0.15) is 0 Å². The zero-order chi connectivity index (χ0) is 21.2. The molecule has 0 spiro atoms. The van der Waals surface area contributed by atoms with E-state index in [1.54, 1.807) is 37.3 Å². The number of carbonyl (C=O) groups excluding carboxylic acids is 1. The van der Waals surface area contributed by atoms with Gasteiger partial charge in [0, 0.05) is 24.8 Å². The van der Waals surface area contributed by atoms with Gasteiger partial charge in [0.25, 0.3) is 10.0 Å². The Bertz CT molecular complexity index is 1130. The second-order valence-corrected chi connectivity index (χ2v) is 10.6. The monoisotopic (exact) mass is 437 g/mol. The second-order valence-electron chi connectivity index (χ2n) is 6.91. The number of carbonyl (C=O) groups is 1. The molecule has 1 aliphatic rings. The molecule has 1 fully saturated rings. The molecule has 0 bridgehead atoms. The first kappa shape index (κ1) is 21.1. The van der Waals surface area contributed by atoms with Crippen molar-refractivity contribution in [2.75, 3.05) is 26.6 Å². The molecule has 10 heteroatoms. The lowest BCUT2D eigenvalue weighted by atomic mass is 10.2. The quantitative estimate of drug-likeness (QED) is 0.747. The summed E-state index contributed by atoms with van der Waals surface area (Å²) in [6.07, 6.45) is 1.41. The predicted octanol–water partition coefficient (Wildman–Crippen LogP) is 2.68. The highest BCUT2D eigenvalue weighted by atomic mass is 32.2.